The van der Waals surface area contributed by atoms with Crippen molar-refractivity contribution in [2.24, 2.45) is 5.92 Å². The molecule has 2 atom stereocenters. The number of amides is 1. The van der Waals surface area contributed by atoms with Crippen LogP contribution < -0.4 is 5.32 Å². The molecule has 2 aromatic heterocycles. The van der Waals surface area contributed by atoms with Crippen LogP contribution in [0.2, 0.25) is 5.02 Å². The van der Waals surface area contributed by atoms with Crippen LogP contribution in [0.5, 0.6) is 0 Å². The molecule has 2 aromatic carbocycles. The highest BCUT2D eigenvalue weighted by Crippen LogP contribution is 2.36. The number of anilines is 1. The van der Waals surface area contributed by atoms with E-state index in [-0.39, 0.29) is 46.3 Å². The first-order valence-corrected chi connectivity index (χ1v) is 13.7. The van der Waals surface area contributed by atoms with Gasteiger partial charge in [0, 0.05) is 52.4 Å². The zero-order chi connectivity index (χ0) is 29.1. The summed E-state index contributed by atoms with van der Waals surface area (Å²) < 4.78 is 33.9. The van der Waals surface area contributed by atoms with Crippen LogP contribution in [0.1, 0.15) is 49.1 Å². The Balaban J connectivity index is 1.55. The molecule has 0 radical (unpaired) electrons. The van der Waals surface area contributed by atoms with Gasteiger partial charge in [-0.25, -0.2) is 8.78 Å². The fourth-order valence-corrected chi connectivity index (χ4v) is 5.27. The molecular weight excluding hydrogens is 548 g/mol. The van der Waals surface area contributed by atoms with Crippen LogP contribution in [0.25, 0.3) is 22.3 Å². The number of nitrogens with one attached hydrogen (secondary N) is 1. The maximum Gasteiger partial charge on any atom is 0.309 e. The summed E-state index contributed by atoms with van der Waals surface area (Å²) in [5.74, 6) is -2.51. The predicted octanol–water partition coefficient (Wildman–Crippen LogP) is 7.35. The van der Waals surface area contributed by atoms with Crippen molar-refractivity contribution in [3.05, 3.63) is 101 Å². The molecule has 3 heterocycles. The van der Waals surface area contributed by atoms with Gasteiger partial charge in [0.25, 0.3) is 0 Å². The smallest absolute Gasteiger partial charge is 0.309 e. The number of carbonyl (C=O) groups excluding carboxylic acids is 2. The lowest BCUT2D eigenvalue weighted by Crippen LogP contribution is -2.21. The average molecular weight is 576 g/mol. The van der Waals surface area contributed by atoms with Gasteiger partial charge in [-0.05, 0) is 60.4 Å². The van der Waals surface area contributed by atoms with E-state index in [1.54, 1.807) is 24.4 Å². The van der Waals surface area contributed by atoms with E-state index in [9.17, 15) is 18.4 Å². The molecule has 1 aliphatic heterocycles. The number of methoxy groups -OCH3 is 1. The Labute approximate surface area is 241 Å². The van der Waals surface area contributed by atoms with Crippen LogP contribution >= 0.6 is 11.6 Å². The number of hydrogen-bond donors (Lipinski definition) is 1. The Hall–Kier alpha value is -4.17. The number of hydrogen-bond acceptors (Lipinski definition) is 5. The number of fused-ring (bicyclic) bond motifs is 4. The van der Waals surface area contributed by atoms with Crippen LogP contribution in [0.4, 0.5) is 14.5 Å². The summed E-state index contributed by atoms with van der Waals surface area (Å²) >= 11 is 5.89. The second kappa shape index (κ2) is 12.1. The molecule has 1 aliphatic rings. The molecule has 0 fully saturated rings. The summed E-state index contributed by atoms with van der Waals surface area (Å²) in [6, 6.07) is 15.0. The molecule has 9 heteroatoms. The molecule has 41 heavy (non-hydrogen) atoms. The van der Waals surface area contributed by atoms with Crippen molar-refractivity contribution in [3.63, 3.8) is 0 Å². The summed E-state index contributed by atoms with van der Waals surface area (Å²) in [5, 5.41) is 2.89. The van der Waals surface area contributed by atoms with Gasteiger partial charge in [0.1, 0.15) is 5.82 Å². The number of aromatic nitrogens is 2. The Bertz CT molecular complexity index is 1610. The van der Waals surface area contributed by atoms with Crippen LogP contribution in [-0.2, 0) is 20.7 Å². The fourth-order valence-electron chi connectivity index (χ4n) is 5.12. The Morgan fingerprint density at radius 3 is 2.61 bits per heavy atom. The number of benzene rings is 2. The highest BCUT2D eigenvalue weighted by Gasteiger charge is 2.23. The van der Waals surface area contributed by atoms with E-state index in [0.29, 0.717) is 24.2 Å². The summed E-state index contributed by atoms with van der Waals surface area (Å²) in [6.45, 7) is 1.88. The van der Waals surface area contributed by atoms with Gasteiger partial charge in [-0.3, -0.25) is 19.6 Å². The minimum atomic E-state index is -0.831. The van der Waals surface area contributed by atoms with E-state index in [1.807, 2.05) is 31.2 Å². The monoisotopic (exact) mass is 575 g/mol. The zero-order valence-corrected chi connectivity index (χ0v) is 23.3. The fraction of sp³-hybridized carbons (Fsp3) is 0.250. The third kappa shape index (κ3) is 6.12. The van der Waals surface area contributed by atoms with Gasteiger partial charge in [0.05, 0.1) is 24.1 Å². The first-order chi connectivity index (χ1) is 19.7. The Kier molecular flexibility index (Phi) is 8.40. The minimum Gasteiger partial charge on any atom is -0.469 e. The Morgan fingerprint density at radius 2 is 1.85 bits per heavy atom. The van der Waals surface area contributed by atoms with Crippen LogP contribution in [0.3, 0.4) is 0 Å². The molecule has 0 aliphatic carbocycles. The molecule has 5 rings (SSSR count). The van der Waals surface area contributed by atoms with Gasteiger partial charge in [-0.2, -0.15) is 0 Å². The van der Waals surface area contributed by atoms with Crippen molar-refractivity contribution in [3.8, 4) is 22.3 Å². The van der Waals surface area contributed by atoms with Gasteiger partial charge in [-0.15, -0.1) is 0 Å². The first-order valence-electron chi connectivity index (χ1n) is 13.3. The van der Waals surface area contributed by atoms with E-state index in [2.05, 4.69) is 15.3 Å². The van der Waals surface area contributed by atoms with E-state index in [0.717, 1.165) is 34.9 Å². The maximum atomic E-state index is 14.6. The second-order valence-corrected chi connectivity index (χ2v) is 10.6. The quantitative estimate of drug-likeness (QED) is 0.203. The van der Waals surface area contributed by atoms with Crippen molar-refractivity contribution in [1.29, 1.82) is 0 Å². The third-order valence-corrected chi connectivity index (χ3v) is 7.71. The number of carbonyl (C=O) groups is 2. The molecule has 0 spiro atoms. The van der Waals surface area contributed by atoms with E-state index in [4.69, 9.17) is 16.3 Å². The topological polar surface area (TPSA) is 81.2 Å². The van der Waals surface area contributed by atoms with Crippen molar-refractivity contribution in [2.45, 2.75) is 38.5 Å². The summed E-state index contributed by atoms with van der Waals surface area (Å²) in [7, 11) is 1.34. The summed E-state index contributed by atoms with van der Waals surface area (Å²) in [4.78, 5) is 34.2. The molecule has 210 valence electrons. The summed E-state index contributed by atoms with van der Waals surface area (Å²) in [6.07, 6.45) is 5.28. The molecule has 6 nitrogen and oxygen atoms in total. The molecular formula is C32H28ClF2N3O3. The van der Waals surface area contributed by atoms with Gasteiger partial charge >= 0.3 is 5.97 Å². The predicted molar refractivity (Wildman–Crippen MR) is 153 cm³/mol. The number of ether oxygens (including phenoxy) is 1. The van der Waals surface area contributed by atoms with Crippen LogP contribution in [-0.4, -0.2) is 29.0 Å². The number of esters is 1. The minimum absolute atomic E-state index is 0.0868. The normalized spacial score (nSPS) is 17.0. The van der Waals surface area contributed by atoms with Crippen LogP contribution in [0.15, 0.2) is 67.0 Å². The second-order valence-electron chi connectivity index (χ2n) is 10.2. The molecule has 0 saturated carbocycles. The SMILES string of the molecule is COC(=O)Cc1ccc2c(c1)NC(=O)C(C)CCCC(c1ccc(-c3c(F)ccc(Cl)c3F)cn1)c1cc-2ccn1. The van der Waals surface area contributed by atoms with Crippen molar-refractivity contribution in [2.75, 3.05) is 12.4 Å². The summed E-state index contributed by atoms with van der Waals surface area (Å²) in [5.41, 5.74) is 4.49. The van der Waals surface area contributed by atoms with Gasteiger partial charge in [0.15, 0.2) is 5.82 Å². The van der Waals surface area contributed by atoms with E-state index < -0.39 is 11.6 Å². The molecule has 2 unspecified atom stereocenters. The van der Waals surface area contributed by atoms with Crippen molar-refractivity contribution >= 4 is 29.2 Å². The van der Waals surface area contributed by atoms with Gasteiger partial charge < -0.3 is 10.1 Å². The molecule has 1 amide bonds. The van der Waals surface area contributed by atoms with Gasteiger partial charge in [-0.1, -0.05) is 43.1 Å². The largest absolute Gasteiger partial charge is 0.469 e. The lowest BCUT2D eigenvalue weighted by atomic mass is 9.89. The lowest BCUT2D eigenvalue weighted by Gasteiger charge is -2.21. The highest BCUT2D eigenvalue weighted by atomic mass is 35.5. The van der Waals surface area contributed by atoms with Crippen molar-refractivity contribution in [1.82, 2.24) is 9.97 Å². The molecule has 0 saturated heterocycles. The lowest BCUT2D eigenvalue weighted by molar-refractivity contribution is -0.139. The zero-order valence-electron chi connectivity index (χ0n) is 22.6. The van der Waals surface area contributed by atoms with E-state index >= 15 is 0 Å². The average Bonchev–Trinajstić information content (AvgIpc) is 2.97. The Morgan fingerprint density at radius 1 is 1.02 bits per heavy atom. The number of halogens is 3. The number of rotatable bonds is 4. The van der Waals surface area contributed by atoms with Gasteiger partial charge in [0.2, 0.25) is 5.91 Å². The maximum absolute atomic E-state index is 14.6. The number of nitrogens with zero attached hydrogens (tertiary/aromatic N) is 2. The molecule has 2 bridgehead atoms. The number of pyridine rings is 2. The van der Waals surface area contributed by atoms with Crippen LogP contribution in [0, 0.1) is 17.6 Å². The first kappa shape index (κ1) is 28.4. The molecule has 4 aromatic rings. The third-order valence-electron chi connectivity index (χ3n) is 7.42. The van der Waals surface area contributed by atoms with Crippen molar-refractivity contribution < 1.29 is 23.1 Å². The highest BCUT2D eigenvalue weighted by molar-refractivity contribution is 6.31. The van der Waals surface area contributed by atoms with E-state index in [1.165, 1.54) is 19.4 Å². The molecule has 1 N–H and O–H groups in total. The standard InChI is InChI=1S/C32H28ClF2N3O3/c1-18-4-3-5-23(26-11-7-21(17-37-26)30-25(34)10-9-24(33)31(30)35)27-16-20(12-13-36-27)22-8-6-19(15-29(39)41-2)14-28(22)38-32(18)40/h6-14,16-18,23H,3-5,15H2,1-2H3,(H,38,40).